The van der Waals surface area contributed by atoms with E-state index in [1.54, 1.807) is 12.4 Å². The molecule has 1 saturated heterocycles. The predicted molar refractivity (Wildman–Crippen MR) is 83.6 cm³/mol. The molecule has 2 heterocycles. The molecule has 1 aromatic rings. The number of pyridine rings is 1. The molecule has 116 valence electrons. The van der Waals surface area contributed by atoms with Crippen LogP contribution in [0.25, 0.3) is 0 Å². The molecular formula is C16H26N4O. The lowest BCUT2D eigenvalue weighted by molar-refractivity contribution is -0.133. The van der Waals surface area contributed by atoms with Crippen LogP contribution in [0.3, 0.4) is 0 Å². The molecule has 0 aromatic carbocycles. The maximum absolute atomic E-state index is 12.4. The molecule has 5 heteroatoms. The van der Waals surface area contributed by atoms with Crippen LogP contribution < -0.4 is 5.73 Å². The van der Waals surface area contributed by atoms with E-state index >= 15 is 0 Å². The molecule has 21 heavy (non-hydrogen) atoms. The van der Waals surface area contributed by atoms with Crippen LogP contribution >= 0.6 is 0 Å². The van der Waals surface area contributed by atoms with Crippen molar-refractivity contribution in [3.05, 3.63) is 30.1 Å². The Morgan fingerprint density at radius 3 is 2.62 bits per heavy atom. The zero-order valence-electron chi connectivity index (χ0n) is 12.9. The molecule has 2 N–H and O–H groups in total. The van der Waals surface area contributed by atoms with Gasteiger partial charge in [0.25, 0.3) is 0 Å². The van der Waals surface area contributed by atoms with E-state index < -0.39 is 0 Å². The molecule has 0 radical (unpaired) electrons. The van der Waals surface area contributed by atoms with E-state index in [-0.39, 0.29) is 11.9 Å². The van der Waals surface area contributed by atoms with Crippen LogP contribution in [0.2, 0.25) is 0 Å². The second-order valence-corrected chi connectivity index (χ2v) is 5.81. The Morgan fingerprint density at radius 2 is 2.00 bits per heavy atom. The Kier molecular flexibility index (Phi) is 6.14. The summed E-state index contributed by atoms with van der Waals surface area (Å²) in [7, 11) is 2.03. The fourth-order valence-corrected chi connectivity index (χ4v) is 2.80. The third-order valence-electron chi connectivity index (χ3n) is 4.20. The first-order valence-corrected chi connectivity index (χ1v) is 7.77. The molecular weight excluding hydrogens is 264 g/mol. The highest BCUT2D eigenvalue weighted by Crippen LogP contribution is 2.13. The number of amides is 1. The number of carbonyl (C=O) groups excluding carboxylic acids is 1. The lowest BCUT2D eigenvalue weighted by Gasteiger charge is -2.31. The van der Waals surface area contributed by atoms with E-state index in [0.29, 0.717) is 13.0 Å². The van der Waals surface area contributed by atoms with Crippen molar-refractivity contribution in [2.24, 2.45) is 5.73 Å². The third kappa shape index (κ3) is 4.79. The van der Waals surface area contributed by atoms with E-state index in [1.165, 1.54) is 12.0 Å². The van der Waals surface area contributed by atoms with Crippen molar-refractivity contribution >= 4 is 5.91 Å². The second-order valence-electron chi connectivity index (χ2n) is 5.81. The van der Waals surface area contributed by atoms with Gasteiger partial charge in [0.05, 0.1) is 0 Å². The van der Waals surface area contributed by atoms with Gasteiger partial charge in [0, 0.05) is 51.0 Å². The van der Waals surface area contributed by atoms with Crippen molar-refractivity contribution in [2.45, 2.75) is 38.3 Å². The monoisotopic (exact) mass is 290 g/mol. The van der Waals surface area contributed by atoms with Crippen LogP contribution in [-0.2, 0) is 11.3 Å². The number of piperidine rings is 1. The van der Waals surface area contributed by atoms with Gasteiger partial charge in [-0.3, -0.25) is 14.7 Å². The zero-order chi connectivity index (χ0) is 15.1. The summed E-state index contributed by atoms with van der Waals surface area (Å²) in [4.78, 5) is 20.5. The molecule has 5 nitrogen and oxygen atoms in total. The first-order valence-electron chi connectivity index (χ1n) is 7.77. The van der Waals surface area contributed by atoms with Gasteiger partial charge in [-0.05, 0) is 44.0 Å². The van der Waals surface area contributed by atoms with E-state index in [0.717, 1.165) is 32.5 Å². The van der Waals surface area contributed by atoms with Crippen molar-refractivity contribution in [1.29, 1.82) is 0 Å². The summed E-state index contributed by atoms with van der Waals surface area (Å²) in [5.74, 6) is 0.242. The fourth-order valence-electron chi connectivity index (χ4n) is 2.80. The maximum atomic E-state index is 12.4. The maximum Gasteiger partial charge on any atom is 0.224 e. The highest BCUT2D eigenvalue weighted by molar-refractivity contribution is 5.76. The van der Waals surface area contributed by atoms with Gasteiger partial charge < -0.3 is 10.6 Å². The molecule has 0 aliphatic carbocycles. The van der Waals surface area contributed by atoms with Gasteiger partial charge in [-0.1, -0.05) is 0 Å². The summed E-state index contributed by atoms with van der Waals surface area (Å²) in [6.07, 6.45) is 7.60. The smallest absolute Gasteiger partial charge is 0.224 e. The van der Waals surface area contributed by atoms with Crippen LogP contribution in [0.4, 0.5) is 0 Å². The highest BCUT2D eigenvalue weighted by Gasteiger charge is 2.22. The topological polar surface area (TPSA) is 62.5 Å². The van der Waals surface area contributed by atoms with Crippen molar-refractivity contribution in [3.8, 4) is 0 Å². The number of likely N-dealkylation sites (tertiary alicyclic amines) is 1. The van der Waals surface area contributed by atoms with Gasteiger partial charge in [0.15, 0.2) is 0 Å². The van der Waals surface area contributed by atoms with Crippen molar-refractivity contribution in [1.82, 2.24) is 14.8 Å². The lowest BCUT2D eigenvalue weighted by atomic mass is 10.1. The van der Waals surface area contributed by atoms with Gasteiger partial charge in [-0.25, -0.2) is 0 Å². The van der Waals surface area contributed by atoms with E-state index in [4.69, 9.17) is 5.73 Å². The van der Waals surface area contributed by atoms with Gasteiger partial charge >= 0.3 is 0 Å². The summed E-state index contributed by atoms with van der Waals surface area (Å²) in [5.41, 5.74) is 7.07. The van der Waals surface area contributed by atoms with Crippen LogP contribution in [-0.4, -0.2) is 53.4 Å². The quantitative estimate of drug-likeness (QED) is 0.856. The fraction of sp³-hybridized carbons (Fsp3) is 0.625. The highest BCUT2D eigenvalue weighted by atomic mass is 16.2. The molecule has 2 rings (SSSR count). The summed E-state index contributed by atoms with van der Waals surface area (Å²) in [6.45, 7) is 3.10. The molecule has 1 aliphatic heterocycles. The van der Waals surface area contributed by atoms with Crippen molar-refractivity contribution < 1.29 is 4.79 Å². The van der Waals surface area contributed by atoms with Crippen LogP contribution in [0, 0.1) is 0 Å². The molecule has 0 spiro atoms. The molecule has 1 fully saturated rings. The minimum absolute atomic E-state index is 0.0904. The Morgan fingerprint density at radius 1 is 1.33 bits per heavy atom. The zero-order valence-corrected chi connectivity index (χ0v) is 12.9. The van der Waals surface area contributed by atoms with E-state index in [2.05, 4.69) is 9.88 Å². The Hall–Kier alpha value is -1.46. The number of nitrogens with two attached hydrogens (primary N) is 1. The number of hydrogen-bond acceptors (Lipinski definition) is 4. The number of carbonyl (C=O) groups is 1. The minimum atomic E-state index is 0.0904. The lowest BCUT2D eigenvalue weighted by Crippen LogP contribution is -2.44. The Labute approximate surface area is 127 Å². The van der Waals surface area contributed by atoms with Crippen LogP contribution in [0.15, 0.2) is 24.5 Å². The standard InChI is InChI=1S/C16H26N4O/c1-19(13-14-5-7-18-8-6-14)15(12-17)11-16(21)20-9-3-2-4-10-20/h5-8,15H,2-4,9-13,17H2,1H3. The molecule has 1 atom stereocenters. The molecule has 1 unspecified atom stereocenters. The molecule has 1 amide bonds. The molecule has 0 bridgehead atoms. The summed E-state index contributed by atoms with van der Waals surface area (Å²) in [5, 5.41) is 0. The minimum Gasteiger partial charge on any atom is -0.343 e. The molecule has 1 aliphatic rings. The van der Waals surface area contributed by atoms with Gasteiger partial charge in [-0.15, -0.1) is 0 Å². The van der Waals surface area contributed by atoms with Crippen molar-refractivity contribution in [2.75, 3.05) is 26.7 Å². The van der Waals surface area contributed by atoms with E-state index in [9.17, 15) is 4.79 Å². The number of rotatable bonds is 6. The first-order chi connectivity index (χ1) is 10.2. The number of nitrogens with zero attached hydrogens (tertiary/aromatic N) is 3. The Balaban J connectivity index is 1.87. The summed E-state index contributed by atoms with van der Waals surface area (Å²) < 4.78 is 0. The summed E-state index contributed by atoms with van der Waals surface area (Å²) >= 11 is 0. The second kappa shape index (κ2) is 8.10. The average molecular weight is 290 g/mol. The third-order valence-corrected chi connectivity index (χ3v) is 4.20. The number of hydrogen-bond donors (Lipinski definition) is 1. The first kappa shape index (κ1) is 15.9. The molecule has 1 aromatic heterocycles. The summed E-state index contributed by atoms with van der Waals surface area (Å²) in [6, 6.07) is 4.08. The molecule has 0 saturated carbocycles. The van der Waals surface area contributed by atoms with Crippen LogP contribution in [0.5, 0.6) is 0 Å². The van der Waals surface area contributed by atoms with Gasteiger partial charge in [0.1, 0.15) is 0 Å². The van der Waals surface area contributed by atoms with Gasteiger partial charge in [0.2, 0.25) is 5.91 Å². The van der Waals surface area contributed by atoms with Crippen molar-refractivity contribution in [3.63, 3.8) is 0 Å². The normalized spacial score (nSPS) is 17.0. The largest absolute Gasteiger partial charge is 0.343 e. The average Bonchev–Trinajstić information content (AvgIpc) is 2.54. The predicted octanol–water partition coefficient (Wildman–Crippen LogP) is 1.24. The van der Waals surface area contributed by atoms with Crippen LogP contribution in [0.1, 0.15) is 31.2 Å². The Bertz CT molecular complexity index is 431. The van der Waals surface area contributed by atoms with E-state index in [1.807, 2.05) is 24.1 Å². The SMILES string of the molecule is CN(Cc1ccncc1)C(CN)CC(=O)N1CCCCC1. The number of aromatic nitrogens is 1. The van der Waals surface area contributed by atoms with Gasteiger partial charge in [-0.2, -0.15) is 0 Å². The number of likely N-dealkylation sites (N-methyl/N-ethyl adjacent to an activating group) is 1.